The van der Waals surface area contributed by atoms with Gasteiger partial charge in [0.1, 0.15) is 17.7 Å². The number of benzene rings is 1. The number of amides is 2. The molecule has 0 bridgehead atoms. The van der Waals surface area contributed by atoms with Crippen LogP contribution in [0.4, 0.5) is 25.1 Å². The van der Waals surface area contributed by atoms with Crippen LogP contribution in [0.15, 0.2) is 64.6 Å². The monoisotopic (exact) mass is 605 g/mol. The first kappa shape index (κ1) is 30.2. The highest BCUT2D eigenvalue weighted by Crippen LogP contribution is 2.33. The molecule has 0 atom stereocenters. The Balaban J connectivity index is 1.34. The van der Waals surface area contributed by atoms with E-state index in [1.165, 1.54) is 22.0 Å². The summed E-state index contributed by atoms with van der Waals surface area (Å²) in [6.45, 7) is 5.94. The number of alkyl halides is 2. The number of azide groups is 1. The SMILES string of the molecule is CC(C)(C)OC(=O)N(CC1CC1)c1cc(-c2nc(C(=O)Nc3cn(-c4ccc(CN=[N+]=[N-])cc4)nc3C(F)F)co2)ccn1. The number of rotatable bonds is 10. The first-order valence-corrected chi connectivity index (χ1v) is 13.7. The summed E-state index contributed by atoms with van der Waals surface area (Å²) in [7, 11) is 0. The molecule has 0 aliphatic heterocycles. The lowest BCUT2D eigenvalue weighted by atomic mass is 10.2. The topological polar surface area (TPSA) is 164 Å². The second-order valence-electron chi connectivity index (χ2n) is 11.2. The standard InChI is InChI=1S/C29H29F2N9O4/c1-29(2,3)44-28(42)39(14-18-4-5-18)23-12-19(10-11-33-23)27-36-22(16-43-27)26(41)35-21-15-40(37-24(21)25(30)31)20-8-6-17(7-9-20)13-34-38-32/h6-12,15-16,18,25H,4-5,13-14H2,1-3H3,(H,35,41). The molecule has 3 aromatic heterocycles. The summed E-state index contributed by atoms with van der Waals surface area (Å²) in [5.41, 5.74) is 8.42. The van der Waals surface area contributed by atoms with Crippen molar-refractivity contribution in [2.75, 3.05) is 16.8 Å². The molecule has 1 fully saturated rings. The number of nitrogens with one attached hydrogen (secondary N) is 1. The van der Waals surface area contributed by atoms with E-state index in [9.17, 15) is 18.4 Å². The number of aromatic nitrogens is 4. The lowest BCUT2D eigenvalue weighted by Gasteiger charge is -2.27. The van der Waals surface area contributed by atoms with Crippen molar-refractivity contribution in [3.05, 3.63) is 82.4 Å². The van der Waals surface area contributed by atoms with Crippen LogP contribution in [0.25, 0.3) is 27.6 Å². The first-order valence-electron chi connectivity index (χ1n) is 13.7. The van der Waals surface area contributed by atoms with Gasteiger partial charge in [0.2, 0.25) is 5.89 Å². The van der Waals surface area contributed by atoms with Crippen molar-refractivity contribution >= 4 is 23.5 Å². The predicted octanol–water partition coefficient (Wildman–Crippen LogP) is 7.07. The predicted molar refractivity (Wildman–Crippen MR) is 155 cm³/mol. The summed E-state index contributed by atoms with van der Waals surface area (Å²) in [5.74, 6) is -0.0202. The van der Waals surface area contributed by atoms with Crippen molar-refractivity contribution in [1.82, 2.24) is 19.7 Å². The second-order valence-corrected chi connectivity index (χ2v) is 11.2. The average molecular weight is 606 g/mol. The Morgan fingerprint density at radius 2 is 2.00 bits per heavy atom. The maximum absolute atomic E-state index is 13.8. The maximum Gasteiger partial charge on any atom is 0.416 e. The van der Waals surface area contributed by atoms with E-state index in [0.717, 1.165) is 24.7 Å². The second kappa shape index (κ2) is 12.5. The molecule has 0 radical (unpaired) electrons. The number of ether oxygens (including phenoxy) is 1. The number of hydrogen-bond acceptors (Lipinski definition) is 8. The Morgan fingerprint density at radius 1 is 1.25 bits per heavy atom. The third kappa shape index (κ3) is 7.36. The van der Waals surface area contributed by atoms with Gasteiger partial charge in [0.05, 0.1) is 24.1 Å². The van der Waals surface area contributed by atoms with Crippen LogP contribution in [-0.2, 0) is 11.3 Å². The van der Waals surface area contributed by atoms with Gasteiger partial charge in [0.15, 0.2) is 11.4 Å². The lowest BCUT2D eigenvalue weighted by Crippen LogP contribution is -2.38. The van der Waals surface area contributed by atoms with Crippen LogP contribution < -0.4 is 10.2 Å². The Labute approximate surface area is 250 Å². The van der Waals surface area contributed by atoms with Crippen LogP contribution in [0.5, 0.6) is 0 Å². The molecule has 0 saturated heterocycles. The number of nitrogens with zero attached hydrogens (tertiary/aromatic N) is 8. The molecule has 2 amide bonds. The van der Waals surface area contributed by atoms with E-state index < -0.39 is 29.7 Å². The van der Waals surface area contributed by atoms with Crippen molar-refractivity contribution in [1.29, 1.82) is 0 Å². The zero-order valence-corrected chi connectivity index (χ0v) is 24.1. The lowest BCUT2D eigenvalue weighted by molar-refractivity contribution is 0.0577. The van der Waals surface area contributed by atoms with Gasteiger partial charge in [-0.1, -0.05) is 17.2 Å². The fraction of sp³-hybridized carbons (Fsp3) is 0.345. The zero-order valence-electron chi connectivity index (χ0n) is 24.1. The highest BCUT2D eigenvalue weighted by atomic mass is 19.3. The quantitative estimate of drug-likeness (QED) is 0.115. The van der Waals surface area contributed by atoms with Crippen molar-refractivity contribution in [2.24, 2.45) is 11.0 Å². The summed E-state index contributed by atoms with van der Waals surface area (Å²) in [5, 5.41) is 9.86. The number of oxazole rings is 1. The van der Waals surface area contributed by atoms with Crippen LogP contribution >= 0.6 is 0 Å². The first-order chi connectivity index (χ1) is 21.0. The highest BCUT2D eigenvalue weighted by molar-refractivity contribution is 6.03. The molecule has 13 nitrogen and oxygen atoms in total. The summed E-state index contributed by atoms with van der Waals surface area (Å²) >= 11 is 0. The fourth-order valence-corrected chi connectivity index (χ4v) is 4.18. The molecular weight excluding hydrogens is 576 g/mol. The molecule has 0 spiro atoms. The molecule has 0 unspecified atom stereocenters. The van der Waals surface area contributed by atoms with E-state index in [0.29, 0.717) is 29.5 Å². The molecule has 15 heteroatoms. The molecule has 1 N–H and O–H groups in total. The highest BCUT2D eigenvalue weighted by Gasteiger charge is 2.31. The van der Waals surface area contributed by atoms with E-state index in [4.69, 9.17) is 14.7 Å². The Bertz CT molecular complexity index is 1700. The zero-order chi connectivity index (χ0) is 31.4. The Hall–Kier alpha value is -5.30. The number of pyridine rings is 1. The van der Waals surface area contributed by atoms with Gasteiger partial charge < -0.3 is 14.5 Å². The van der Waals surface area contributed by atoms with E-state index in [1.54, 1.807) is 57.2 Å². The van der Waals surface area contributed by atoms with Crippen LogP contribution in [0.1, 0.15) is 61.8 Å². The molecule has 44 heavy (non-hydrogen) atoms. The Kier molecular flexibility index (Phi) is 8.58. The van der Waals surface area contributed by atoms with Gasteiger partial charge in [-0.2, -0.15) is 5.10 Å². The van der Waals surface area contributed by atoms with E-state index >= 15 is 0 Å². The molecule has 1 aromatic carbocycles. The normalized spacial score (nSPS) is 13.0. The number of carbonyl (C=O) groups is 2. The molecular formula is C29H29F2N9O4. The fourth-order valence-electron chi connectivity index (χ4n) is 4.18. The third-order valence-corrected chi connectivity index (χ3v) is 6.47. The van der Waals surface area contributed by atoms with Crippen LogP contribution in [0, 0.1) is 5.92 Å². The number of hydrogen-bond donors (Lipinski definition) is 1. The van der Waals surface area contributed by atoms with Gasteiger partial charge in [-0.25, -0.2) is 28.2 Å². The van der Waals surface area contributed by atoms with Crippen LogP contribution in [-0.4, -0.2) is 43.9 Å². The minimum absolute atomic E-state index is 0.0694. The summed E-state index contributed by atoms with van der Waals surface area (Å²) < 4.78 is 40.0. The maximum atomic E-state index is 13.8. The molecule has 1 aliphatic rings. The molecule has 1 aliphatic carbocycles. The van der Waals surface area contributed by atoms with Gasteiger partial charge in [0.25, 0.3) is 12.3 Å². The van der Waals surface area contributed by atoms with Crippen LogP contribution in [0.2, 0.25) is 0 Å². The molecule has 3 heterocycles. The van der Waals surface area contributed by atoms with Crippen molar-refractivity contribution in [3.63, 3.8) is 0 Å². The van der Waals surface area contributed by atoms with E-state index in [-0.39, 0.29) is 23.8 Å². The van der Waals surface area contributed by atoms with Gasteiger partial charge >= 0.3 is 6.09 Å². The van der Waals surface area contributed by atoms with Crippen molar-refractivity contribution in [2.45, 2.75) is 52.2 Å². The molecule has 5 rings (SSSR count). The van der Waals surface area contributed by atoms with E-state index in [2.05, 4.69) is 30.4 Å². The molecule has 228 valence electrons. The van der Waals surface area contributed by atoms with Gasteiger partial charge in [-0.05, 0) is 74.9 Å². The summed E-state index contributed by atoms with van der Waals surface area (Å²) in [6.07, 6.45) is 2.39. The molecule has 1 saturated carbocycles. The van der Waals surface area contributed by atoms with E-state index in [1.807, 2.05) is 0 Å². The number of halogens is 2. The minimum Gasteiger partial charge on any atom is -0.444 e. The van der Waals surface area contributed by atoms with Gasteiger partial charge in [-0.3, -0.25) is 9.69 Å². The van der Waals surface area contributed by atoms with Gasteiger partial charge in [0, 0.05) is 23.2 Å². The molecule has 4 aromatic rings. The largest absolute Gasteiger partial charge is 0.444 e. The average Bonchev–Trinajstić information content (AvgIpc) is 3.48. The van der Waals surface area contributed by atoms with Crippen molar-refractivity contribution < 1.29 is 27.5 Å². The summed E-state index contributed by atoms with van der Waals surface area (Å²) in [6, 6.07) is 9.81. The van der Waals surface area contributed by atoms with Crippen molar-refractivity contribution in [3.8, 4) is 17.1 Å². The number of anilines is 2. The van der Waals surface area contributed by atoms with Gasteiger partial charge in [-0.15, -0.1) is 0 Å². The Morgan fingerprint density at radius 3 is 2.66 bits per heavy atom. The minimum atomic E-state index is -2.97. The summed E-state index contributed by atoms with van der Waals surface area (Å²) in [4.78, 5) is 38.7. The smallest absolute Gasteiger partial charge is 0.416 e. The third-order valence-electron chi connectivity index (χ3n) is 6.47. The number of carbonyl (C=O) groups excluding carboxylic acids is 2. The van der Waals surface area contributed by atoms with Crippen LogP contribution in [0.3, 0.4) is 0 Å².